The summed E-state index contributed by atoms with van der Waals surface area (Å²) >= 11 is 0. The Balaban J connectivity index is 1.95. The first-order valence-electron chi connectivity index (χ1n) is 6.91. The van der Waals surface area contributed by atoms with Crippen LogP contribution in [0.4, 0.5) is 0 Å². The van der Waals surface area contributed by atoms with Gasteiger partial charge in [0.05, 0.1) is 6.42 Å². The van der Waals surface area contributed by atoms with Gasteiger partial charge < -0.3 is 4.52 Å². The van der Waals surface area contributed by atoms with Gasteiger partial charge in [-0.2, -0.15) is 4.98 Å². The van der Waals surface area contributed by atoms with Crippen molar-refractivity contribution < 1.29 is 9.32 Å². The molecular weight excluding hydrogens is 228 g/mol. The molecule has 0 N–H and O–H groups in total. The van der Waals surface area contributed by atoms with Crippen LogP contribution in [-0.2, 0) is 11.2 Å². The van der Waals surface area contributed by atoms with E-state index in [1.165, 1.54) is 12.8 Å². The average molecular weight is 250 g/mol. The second kappa shape index (κ2) is 5.63. The van der Waals surface area contributed by atoms with Crippen LogP contribution in [0.5, 0.6) is 0 Å². The summed E-state index contributed by atoms with van der Waals surface area (Å²) in [6.07, 6.45) is 5.02. The van der Waals surface area contributed by atoms with Crippen LogP contribution in [0.15, 0.2) is 4.52 Å². The van der Waals surface area contributed by atoms with Gasteiger partial charge in [-0.1, -0.05) is 38.8 Å². The Morgan fingerprint density at radius 2 is 2.00 bits per heavy atom. The van der Waals surface area contributed by atoms with Crippen LogP contribution in [0.1, 0.15) is 64.1 Å². The summed E-state index contributed by atoms with van der Waals surface area (Å²) in [5.41, 5.74) is 0. The van der Waals surface area contributed by atoms with E-state index in [0.717, 1.165) is 24.6 Å². The lowest BCUT2D eigenvalue weighted by Gasteiger charge is -2.23. The number of aromatic nitrogens is 2. The van der Waals surface area contributed by atoms with Crippen molar-refractivity contribution in [2.75, 3.05) is 0 Å². The van der Waals surface area contributed by atoms with Gasteiger partial charge in [0.2, 0.25) is 5.89 Å². The van der Waals surface area contributed by atoms with Crippen molar-refractivity contribution in [3.05, 3.63) is 11.7 Å². The molecule has 1 fully saturated rings. The van der Waals surface area contributed by atoms with E-state index in [1.807, 2.05) is 13.8 Å². The monoisotopic (exact) mass is 250 g/mol. The smallest absolute Gasteiger partial charge is 0.234 e. The number of rotatable bonds is 4. The molecule has 0 unspecified atom stereocenters. The average Bonchev–Trinajstić information content (AvgIpc) is 2.78. The quantitative estimate of drug-likeness (QED) is 0.823. The number of carbonyl (C=O) groups is 1. The predicted molar refractivity (Wildman–Crippen MR) is 68.2 cm³/mol. The van der Waals surface area contributed by atoms with E-state index < -0.39 is 0 Å². The number of carbonyl (C=O) groups excluding carboxylic acids is 1. The number of nitrogens with zero attached hydrogens (tertiary/aromatic N) is 2. The van der Waals surface area contributed by atoms with Crippen molar-refractivity contribution in [2.24, 2.45) is 11.8 Å². The predicted octanol–water partition coefficient (Wildman–Crippen LogP) is 3.13. The molecule has 1 aromatic rings. The Kier molecular flexibility index (Phi) is 4.15. The Labute approximate surface area is 108 Å². The van der Waals surface area contributed by atoms with Crippen LogP contribution in [0, 0.1) is 11.8 Å². The SMILES string of the molecule is CC1CCC(c2noc(CC(=O)C(C)C)n2)CC1. The molecule has 4 heteroatoms. The maximum absolute atomic E-state index is 11.6. The second-order valence-corrected chi connectivity index (χ2v) is 5.80. The van der Waals surface area contributed by atoms with Crippen LogP contribution < -0.4 is 0 Å². The van der Waals surface area contributed by atoms with Gasteiger partial charge in [0.25, 0.3) is 0 Å². The molecule has 0 atom stereocenters. The summed E-state index contributed by atoms with van der Waals surface area (Å²) in [6, 6.07) is 0. The van der Waals surface area contributed by atoms with Gasteiger partial charge in [-0.3, -0.25) is 4.79 Å². The van der Waals surface area contributed by atoms with Crippen molar-refractivity contribution in [1.29, 1.82) is 0 Å². The van der Waals surface area contributed by atoms with E-state index in [-0.39, 0.29) is 18.1 Å². The lowest BCUT2D eigenvalue weighted by Crippen LogP contribution is -2.13. The van der Waals surface area contributed by atoms with E-state index in [1.54, 1.807) is 0 Å². The van der Waals surface area contributed by atoms with Crippen molar-refractivity contribution in [2.45, 2.75) is 58.8 Å². The fraction of sp³-hybridized carbons (Fsp3) is 0.786. The fourth-order valence-corrected chi connectivity index (χ4v) is 2.38. The van der Waals surface area contributed by atoms with Gasteiger partial charge in [-0.05, 0) is 18.8 Å². The number of Topliss-reactive ketones (excluding diaryl/α,β-unsaturated/α-hetero) is 1. The minimum atomic E-state index is 0.0240. The van der Waals surface area contributed by atoms with Crippen molar-refractivity contribution >= 4 is 5.78 Å². The van der Waals surface area contributed by atoms with Crippen LogP contribution >= 0.6 is 0 Å². The molecule has 1 aliphatic rings. The Bertz CT molecular complexity index is 404. The normalized spacial score (nSPS) is 24.4. The molecule has 1 saturated carbocycles. The third-order valence-electron chi connectivity index (χ3n) is 3.83. The topological polar surface area (TPSA) is 56.0 Å². The van der Waals surface area contributed by atoms with Crippen molar-refractivity contribution in [1.82, 2.24) is 10.1 Å². The molecule has 0 spiro atoms. The molecule has 0 bridgehead atoms. The van der Waals surface area contributed by atoms with Gasteiger partial charge >= 0.3 is 0 Å². The highest BCUT2D eigenvalue weighted by molar-refractivity contribution is 5.81. The van der Waals surface area contributed by atoms with E-state index in [2.05, 4.69) is 17.1 Å². The van der Waals surface area contributed by atoms with E-state index in [9.17, 15) is 4.79 Å². The molecule has 1 aromatic heterocycles. The molecule has 0 aromatic carbocycles. The van der Waals surface area contributed by atoms with Gasteiger partial charge in [0.15, 0.2) is 5.82 Å². The number of hydrogen-bond acceptors (Lipinski definition) is 4. The first-order chi connectivity index (χ1) is 8.56. The van der Waals surface area contributed by atoms with Gasteiger partial charge in [0.1, 0.15) is 5.78 Å². The summed E-state index contributed by atoms with van der Waals surface area (Å²) in [6.45, 7) is 6.07. The molecule has 100 valence electrons. The van der Waals surface area contributed by atoms with Crippen LogP contribution in [0.2, 0.25) is 0 Å². The lowest BCUT2D eigenvalue weighted by molar-refractivity contribution is -0.121. The molecule has 0 amide bonds. The third kappa shape index (κ3) is 3.18. The molecule has 18 heavy (non-hydrogen) atoms. The standard InChI is InChI=1S/C14H22N2O2/c1-9(2)12(17)8-13-15-14(16-18-13)11-6-4-10(3)5-7-11/h9-11H,4-8H2,1-3H3. The van der Waals surface area contributed by atoms with Crippen molar-refractivity contribution in [3.63, 3.8) is 0 Å². The fourth-order valence-electron chi connectivity index (χ4n) is 2.38. The first-order valence-corrected chi connectivity index (χ1v) is 6.91. The molecule has 1 aliphatic carbocycles. The van der Waals surface area contributed by atoms with Gasteiger partial charge in [-0.25, -0.2) is 0 Å². The molecule has 2 rings (SSSR count). The van der Waals surface area contributed by atoms with E-state index in [0.29, 0.717) is 11.8 Å². The Hall–Kier alpha value is -1.19. The molecule has 1 heterocycles. The molecule has 0 radical (unpaired) electrons. The first kappa shape index (κ1) is 13.2. The largest absolute Gasteiger partial charge is 0.339 e. The maximum Gasteiger partial charge on any atom is 0.234 e. The molecule has 4 nitrogen and oxygen atoms in total. The summed E-state index contributed by atoms with van der Waals surface area (Å²) in [5, 5.41) is 4.04. The highest BCUT2D eigenvalue weighted by atomic mass is 16.5. The minimum Gasteiger partial charge on any atom is -0.339 e. The van der Waals surface area contributed by atoms with Gasteiger partial charge in [-0.15, -0.1) is 0 Å². The maximum atomic E-state index is 11.6. The Morgan fingerprint density at radius 3 is 2.61 bits per heavy atom. The number of ketones is 1. The van der Waals surface area contributed by atoms with E-state index >= 15 is 0 Å². The summed E-state index contributed by atoms with van der Waals surface area (Å²) in [5.74, 6) is 2.69. The summed E-state index contributed by atoms with van der Waals surface area (Å²) in [7, 11) is 0. The van der Waals surface area contributed by atoms with Crippen LogP contribution in [-0.4, -0.2) is 15.9 Å². The lowest BCUT2D eigenvalue weighted by atomic mass is 9.83. The number of hydrogen-bond donors (Lipinski definition) is 0. The minimum absolute atomic E-state index is 0.0240. The summed E-state index contributed by atoms with van der Waals surface area (Å²) < 4.78 is 5.18. The van der Waals surface area contributed by atoms with Gasteiger partial charge in [0, 0.05) is 11.8 Å². The van der Waals surface area contributed by atoms with Crippen LogP contribution in [0.25, 0.3) is 0 Å². The highest BCUT2D eigenvalue weighted by Gasteiger charge is 2.24. The zero-order valence-corrected chi connectivity index (χ0v) is 11.5. The van der Waals surface area contributed by atoms with E-state index in [4.69, 9.17) is 4.52 Å². The zero-order valence-electron chi connectivity index (χ0n) is 11.5. The molecule has 0 aliphatic heterocycles. The zero-order chi connectivity index (χ0) is 13.1. The highest BCUT2D eigenvalue weighted by Crippen LogP contribution is 2.34. The third-order valence-corrected chi connectivity index (χ3v) is 3.83. The molecule has 0 saturated heterocycles. The summed E-state index contributed by atoms with van der Waals surface area (Å²) in [4.78, 5) is 16.0. The second-order valence-electron chi connectivity index (χ2n) is 5.80. The molecular formula is C14H22N2O2. The van der Waals surface area contributed by atoms with Crippen LogP contribution in [0.3, 0.4) is 0 Å². The van der Waals surface area contributed by atoms with Crippen molar-refractivity contribution in [3.8, 4) is 0 Å². The Morgan fingerprint density at radius 1 is 1.33 bits per heavy atom.